The Morgan fingerprint density at radius 2 is 2.12 bits per heavy atom. The van der Waals surface area contributed by atoms with E-state index in [0.29, 0.717) is 13.0 Å². The number of aryl methyl sites for hydroxylation is 2. The third-order valence-corrected chi connectivity index (χ3v) is 4.29. The van der Waals surface area contributed by atoms with Crippen LogP contribution >= 0.6 is 0 Å². The minimum Gasteiger partial charge on any atom is -0.384 e. The molecule has 25 heavy (non-hydrogen) atoms. The van der Waals surface area contributed by atoms with Crippen LogP contribution in [0.1, 0.15) is 38.3 Å². The molecule has 2 unspecified atom stereocenters. The van der Waals surface area contributed by atoms with Crippen molar-refractivity contribution in [3.05, 3.63) is 47.8 Å². The first-order valence-corrected chi connectivity index (χ1v) is 8.64. The molecule has 1 heterocycles. The topological polar surface area (TPSA) is 79.2 Å². The lowest BCUT2D eigenvalue weighted by molar-refractivity contribution is -0.116. The van der Waals surface area contributed by atoms with Crippen molar-refractivity contribution in [1.82, 2.24) is 15.1 Å². The van der Waals surface area contributed by atoms with E-state index in [1.54, 1.807) is 24.0 Å². The van der Waals surface area contributed by atoms with Gasteiger partial charge in [0, 0.05) is 43.5 Å². The van der Waals surface area contributed by atoms with Crippen LogP contribution in [0, 0.1) is 0 Å². The maximum Gasteiger partial charge on any atom is 0.225 e. The van der Waals surface area contributed by atoms with Gasteiger partial charge in [-0.25, -0.2) is 0 Å². The first-order chi connectivity index (χ1) is 11.8. The zero-order valence-electron chi connectivity index (χ0n) is 15.4. The summed E-state index contributed by atoms with van der Waals surface area (Å²) in [5.74, 6) is -0.0399. The molecule has 2 aromatic rings. The second-order valence-electron chi connectivity index (χ2n) is 6.72. The zero-order valence-corrected chi connectivity index (χ0v) is 15.4. The van der Waals surface area contributed by atoms with Gasteiger partial charge in [0.1, 0.15) is 5.60 Å². The second-order valence-corrected chi connectivity index (χ2v) is 6.72. The van der Waals surface area contributed by atoms with Crippen LogP contribution in [-0.4, -0.2) is 33.4 Å². The van der Waals surface area contributed by atoms with Crippen LogP contribution in [-0.2, 0) is 23.9 Å². The van der Waals surface area contributed by atoms with E-state index in [-0.39, 0.29) is 11.9 Å². The molecule has 136 valence electrons. The van der Waals surface area contributed by atoms with Gasteiger partial charge in [0.15, 0.2) is 0 Å². The van der Waals surface area contributed by atoms with Gasteiger partial charge < -0.3 is 15.7 Å². The van der Waals surface area contributed by atoms with Gasteiger partial charge in [-0.15, -0.1) is 0 Å². The Morgan fingerprint density at radius 3 is 2.76 bits per heavy atom. The summed E-state index contributed by atoms with van der Waals surface area (Å²) in [5, 5.41) is 20.9. The molecule has 6 heteroatoms. The number of hydrogen-bond donors (Lipinski definition) is 3. The molecule has 0 fully saturated rings. The van der Waals surface area contributed by atoms with Crippen molar-refractivity contribution < 1.29 is 9.90 Å². The SMILES string of the molecule is CCc1ccccc1NC(=O)CC(C)NCC(C)(O)c1cnn(C)c1. The Bertz CT molecular complexity index is 709. The molecular weight excluding hydrogens is 316 g/mol. The molecule has 6 nitrogen and oxygen atoms in total. The quantitative estimate of drug-likeness (QED) is 0.686. The molecule has 0 aliphatic rings. The third-order valence-electron chi connectivity index (χ3n) is 4.29. The predicted octanol–water partition coefficient (Wildman–Crippen LogP) is 2.20. The Morgan fingerprint density at radius 1 is 1.40 bits per heavy atom. The number of nitrogens with one attached hydrogen (secondary N) is 2. The minimum absolute atomic E-state index is 0.0399. The molecule has 2 rings (SSSR count). The molecule has 1 amide bonds. The lowest BCUT2D eigenvalue weighted by Gasteiger charge is -2.25. The van der Waals surface area contributed by atoms with Gasteiger partial charge in [-0.3, -0.25) is 9.48 Å². The molecule has 0 saturated heterocycles. The van der Waals surface area contributed by atoms with Gasteiger partial charge in [-0.05, 0) is 31.9 Å². The number of aromatic nitrogens is 2. The molecule has 3 N–H and O–H groups in total. The van der Waals surface area contributed by atoms with E-state index in [9.17, 15) is 9.90 Å². The summed E-state index contributed by atoms with van der Waals surface area (Å²) in [6, 6.07) is 7.77. The summed E-state index contributed by atoms with van der Waals surface area (Å²) in [7, 11) is 1.81. The van der Waals surface area contributed by atoms with Crippen molar-refractivity contribution in [3.8, 4) is 0 Å². The van der Waals surface area contributed by atoms with E-state index >= 15 is 0 Å². The standard InChI is InChI=1S/C19H28N4O2/c1-5-15-8-6-7-9-17(15)22-18(24)10-14(2)20-13-19(3,25)16-11-21-23(4)12-16/h6-9,11-12,14,20,25H,5,10,13H2,1-4H3,(H,22,24). The predicted molar refractivity (Wildman–Crippen MR) is 99.3 cm³/mol. The molecule has 0 bridgehead atoms. The molecule has 1 aromatic heterocycles. The van der Waals surface area contributed by atoms with E-state index in [2.05, 4.69) is 22.7 Å². The highest BCUT2D eigenvalue weighted by molar-refractivity contribution is 5.91. The number of amides is 1. The van der Waals surface area contributed by atoms with Crippen molar-refractivity contribution in [2.75, 3.05) is 11.9 Å². The highest BCUT2D eigenvalue weighted by Crippen LogP contribution is 2.19. The highest BCUT2D eigenvalue weighted by Gasteiger charge is 2.25. The molecule has 0 radical (unpaired) electrons. The molecular formula is C19H28N4O2. The number of nitrogens with zero attached hydrogens (tertiary/aromatic N) is 2. The Kier molecular flexibility index (Phi) is 6.33. The van der Waals surface area contributed by atoms with Crippen molar-refractivity contribution in [2.24, 2.45) is 7.05 Å². The van der Waals surface area contributed by atoms with Gasteiger partial charge in [0.05, 0.1) is 6.20 Å². The number of rotatable bonds is 8. The summed E-state index contributed by atoms with van der Waals surface area (Å²) in [5.41, 5.74) is 1.70. The van der Waals surface area contributed by atoms with Crippen LogP contribution in [0.15, 0.2) is 36.7 Å². The number of anilines is 1. The summed E-state index contributed by atoms with van der Waals surface area (Å²) in [6.45, 7) is 6.08. The zero-order chi connectivity index (χ0) is 18.4. The summed E-state index contributed by atoms with van der Waals surface area (Å²) < 4.78 is 1.66. The van der Waals surface area contributed by atoms with Crippen LogP contribution in [0.2, 0.25) is 0 Å². The van der Waals surface area contributed by atoms with Crippen LogP contribution < -0.4 is 10.6 Å². The number of aliphatic hydroxyl groups is 1. The van der Waals surface area contributed by atoms with Crippen molar-refractivity contribution in [1.29, 1.82) is 0 Å². The van der Waals surface area contributed by atoms with E-state index in [0.717, 1.165) is 23.2 Å². The Hall–Kier alpha value is -2.18. The molecule has 1 aromatic carbocycles. The van der Waals surface area contributed by atoms with Crippen molar-refractivity contribution in [3.63, 3.8) is 0 Å². The van der Waals surface area contributed by atoms with Crippen molar-refractivity contribution in [2.45, 2.75) is 45.3 Å². The number of hydrogen-bond acceptors (Lipinski definition) is 4. The second kappa shape index (κ2) is 8.27. The number of carbonyl (C=O) groups is 1. The lowest BCUT2D eigenvalue weighted by Crippen LogP contribution is -2.40. The van der Waals surface area contributed by atoms with Gasteiger partial charge in [0.2, 0.25) is 5.91 Å². The van der Waals surface area contributed by atoms with E-state index in [4.69, 9.17) is 0 Å². The molecule has 0 saturated carbocycles. The van der Waals surface area contributed by atoms with Crippen LogP contribution in [0.5, 0.6) is 0 Å². The monoisotopic (exact) mass is 344 g/mol. The van der Waals surface area contributed by atoms with E-state index in [1.807, 2.05) is 38.2 Å². The van der Waals surface area contributed by atoms with Crippen LogP contribution in [0.3, 0.4) is 0 Å². The van der Waals surface area contributed by atoms with Gasteiger partial charge in [-0.2, -0.15) is 5.10 Å². The van der Waals surface area contributed by atoms with Gasteiger partial charge >= 0.3 is 0 Å². The fourth-order valence-corrected chi connectivity index (χ4v) is 2.68. The highest BCUT2D eigenvalue weighted by atomic mass is 16.3. The maximum atomic E-state index is 12.3. The fourth-order valence-electron chi connectivity index (χ4n) is 2.68. The first kappa shape index (κ1) is 19.1. The molecule has 0 spiro atoms. The van der Waals surface area contributed by atoms with Crippen molar-refractivity contribution >= 4 is 11.6 Å². The number of para-hydroxylation sites is 1. The van der Waals surface area contributed by atoms with Gasteiger partial charge in [-0.1, -0.05) is 25.1 Å². The normalized spacial score (nSPS) is 14.8. The number of benzene rings is 1. The largest absolute Gasteiger partial charge is 0.384 e. The summed E-state index contributed by atoms with van der Waals surface area (Å²) >= 11 is 0. The fraction of sp³-hybridized carbons (Fsp3) is 0.474. The van der Waals surface area contributed by atoms with E-state index < -0.39 is 5.60 Å². The minimum atomic E-state index is -1.03. The van der Waals surface area contributed by atoms with Gasteiger partial charge in [0.25, 0.3) is 0 Å². The summed E-state index contributed by atoms with van der Waals surface area (Å²) in [6.07, 6.45) is 4.65. The number of carbonyl (C=O) groups excluding carboxylic acids is 1. The van der Waals surface area contributed by atoms with Crippen LogP contribution in [0.25, 0.3) is 0 Å². The van der Waals surface area contributed by atoms with E-state index in [1.165, 1.54) is 0 Å². The molecule has 0 aliphatic heterocycles. The third kappa shape index (κ3) is 5.41. The Labute approximate surface area is 149 Å². The van der Waals surface area contributed by atoms with Crippen LogP contribution in [0.4, 0.5) is 5.69 Å². The smallest absolute Gasteiger partial charge is 0.225 e. The average molecular weight is 344 g/mol. The molecule has 0 aliphatic carbocycles. The lowest BCUT2D eigenvalue weighted by atomic mass is 9.99. The molecule has 2 atom stereocenters. The summed E-state index contributed by atoms with van der Waals surface area (Å²) in [4.78, 5) is 12.3. The Balaban J connectivity index is 1.85. The maximum absolute atomic E-state index is 12.3. The first-order valence-electron chi connectivity index (χ1n) is 8.64. The average Bonchev–Trinajstić information content (AvgIpc) is 3.01.